The van der Waals surface area contributed by atoms with Gasteiger partial charge in [-0.25, -0.2) is 4.57 Å². The number of unbranched alkanes of at least 4 members (excludes halogenated alkanes) is 2. The molecule has 0 atom stereocenters. The van der Waals surface area contributed by atoms with Crippen molar-refractivity contribution in [3.05, 3.63) is 60.2 Å². The van der Waals surface area contributed by atoms with E-state index in [9.17, 15) is 0 Å². The van der Waals surface area contributed by atoms with E-state index in [1.54, 1.807) is 0 Å². The van der Waals surface area contributed by atoms with Gasteiger partial charge in [-0.1, -0.05) is 87.8 Å². The maximum absolute atomic E-state index is 5.20. The molecule has 0 spiro atoms. The zero-order chi connectivity index (χ0) is 25.1. The lowest BCUT2D eigenvalue weighted by Crippen LogP contribution is -2.52. The number of hydrogen-bond donors (Lipinski definition) is 0. The van der Waals surface area contributed by atoms with E-state index < -0.39 is 0 Å². The van der Waals surface area contributed by atoms with Crippen LogP contribution in [0.25, 0.3) is 16.6 Å². The van der Waals surface area contributed by atoms with E-state index in [2.05, 4.69) is 95.8 Å². The highest BCUT2D eigenvalue weighted by molar-refractivity contribution is 5.97. The number of nitrogens with zero attached hydrogens (tertiary/aromatic N) is 3. The molecular formula is C31H44N3+. The minimum Gasteiger partial charge on any atom is -0.252 e. The highest BCUT2D eigenvalue weighted by atomic mass is 15.3. The van der Waals surface area contributed by atoms with Crippen molar-refractivity contribution in [2.24, 2.45) is 5.41 Å². The molecular weight excluding hydrogens is 414 g/mol. The van der Waals surface area contributed by atoms with E-state index in [-0.39, 0.29) is 16.2 Å². The Balaban J connectivity index is 2.06. The summed E-state index contributed by atoms with van der Waals surface area (Å²) >= 11 is 0. The predicted octanol–water partition coefficient (Wildman–Crippen LogP) is 8.19. The van der Waals surface area contributed by atoms with Crippen molar-refractivity contribution in [1.29, 1.82) is 0 Å². The summed E-state index contributed by atoms with van der Waals surface area (Å²) < 4.78 is 2.41. The second-order valence-electron chi connectivity index (χ2n) is 12.0. The molecule has 0 aliphatic carbocycles. The lowest BCUT2D eigenvalue weighted by Gasteiger charge is -2.44. The van der Waals surface area contributed by atoms with Crippen molar-refractivity contribution in [1.82, 2.24) is 4.98 Å². The monoisotopic (exact) mass is 458 g/mol. The van der Waals surface area contributed by atoms with Gasteiger partial charge < -0.3 is 0 Å². The first-order valence-electron chi connectivity index (χ1n) is 13.2. The summed E-state index contributed by atoms with van der Waals surface area (Å²) in [4.78, 5) is 7.52. The first-order valence-corrected chi connectivity index (χ1v) is 13.2. The van der Waals surface area contributed by atoms with Gasteiger partial charge in [-0.05, 0) is 30.9 Å². The smallest absolute Gasteiger partial charge is 0.252 e. The summed E-state index contributed by atoms with van der Waals surface area (Å²) in [6, 6.07) is 4.61. The molecule has 2 aromatic heterocycles. The number of allylic oxidation sites excluding steroid dienone is 3. The van der Waals surface area contributed by atoms with Crippen LogP contribution in [0, 0.1) is 5.41 Å². The van der Waals surface area contributed by atoms with Crippen molar-refractivity contribution in [2.75, 3.05) is 4.90 Å². The zero-order valence-corrected chi connectivity index (χ0v) is 22.8. The SMILES string of the molecule is C=C1C=C(C(C)(C)CCCCC)[n+]2ccc3nc(C(C)(C)C)cc4c3c2N1C(=C)C4(CC)CC. The molecule has 0 aromatic carbocycles. The number of hydrogen-bond acceptors (Lipinski definition) is 2. The van der Waals surface area contributed by atoms with Gasteiger partial charge in [0.05, 0.1) is 22.5 Å². The molecule has 2 aliphatic rings. The van der Waals surface area contributed by atoms with Crippen LogP contribution in [0.5, 0.6) is 0 Å². The molecule has 2 aliphatic heterocycles. The minimum atomic E-state index is -0.127. The molecule has 0 unspecified atom stereocenters. The second-order valence-corrected chi connectivity index (χ2v) is 12.0. The van der Waals surface area contributed by atoms with Crippen LogP contribution in [0.15, 0.2) is 49.0 Å². The van der Waals surface area contributed by atoms with E-state index in [0.717, 1.165) is 41.9 Å². The van der Waals surface area contributed by atoms with Crippen molar-refractivity contribution in [3.8, 4) is 0 Å². The van der Waals surface area contributed by atoms with Crippen LogP contribution in [-0.2, 0) is 10.8 Å². The standard InChI is InChI=1S/C31H44N3/c1-11-14-15-17-30(9,10)26-19-21(4)34-22(5)31(12-2,13-3)23-20-25(29(6,7)8)32-24-16-18-33(26)28(34)27(23)24/h16,18-20H,4-5,11-15,17H2,1-3,6-10H3/q+1. The summed E-state index contributed by atoms with van der Waals surface area (Å²) in [7, 11) is 0. The molecule has 0 saturated carbocycles. The van der Waals surface area contributed by atoms with Gasteiger partial charge in [0.25, 0.3) is 0 Å². The minimum absolute atomic E-state index is 0.0185. The van der Waals surface area contributed by atoms with Crippen LogP contribution < -0.4 is 9.47 Å². The lowest BCUT2D eigenvalue weighted by molar-refractivity contribution is -0.576. The van der Waals surface area contributed by atoms with Crippen LogP contribution in [0.1, 0.15) is 105 Å². The van der Waals surface area contributed by atoms with E-state index >= 15 is 0 Å². The fraction of sp³-hybridized carbons (Fsp3) is 0.548. The topological polar surface area (TPSA) is 20.0 Å². The Labute approximate surface area is 207 Å². The molecule has 34 heavy (non-hydrogen) atoms. The van der Waals surface area contributed by atoms with E-state index in [0.29, 0.717) is 0 Å². The third-order valence-corrected chi connectivity index (χ3v) is 8.35. The maximum Gasteiger partial charge on any atom is 0.301 e. The summed E-state index contributed by atoms with van der Waals surface area (Å²) in [5.74, 6) is 1.18. The highest BCUT2D eigenvalue weighted by Crippen LogP contribution is 2.53. The molecule has 0 bridgehead atoms. The predicted molar refractivity (Wildman–Crippen MR) is 146 cm³/mol. The molecule has 3 nitrogen and oxygen atoms in total. The van der Waals surface area contributed by atoms with Gasteiger partial charge in [0, 0.05) is 28.7 Å². The summed E-state index contributed by atoms with van der Waals surface area (Å²) in [6.45, 7) is 27.7. The molecule has 3 heteroatoms. The van der Waals surface area contributed by atoms with Crippen LogP contribution in [-0.4, -0.2) is 4.98 Å². The van der Waals surface area contributed by atoms with Gasteiger partial charge in [-0.15, -0.1) is 0 Å². The Morgan fingerprint density at radius 3 is 2.29 bits per heavy atom. The van der Waals surface area contributed by atoms with Gasteiger partial charge in [0.15, 0.2) is 0 Å². The Hall–Kier alpha value is -2.42. The van der Waals surface area contributed by atoms with Crippen molar-refractivity contribution < 1.29 is 4.57 Å². The van der Waals surface area contributed by atoms with E-state index in [4.69, 9.17) is 11.6 Å². The van der Waals surface area contributed by atoms with Gasteiger partial charge >= 0.3 is 5.82 Å². The average molecular weight is 459 g/mol. The fourth-order valence-corrected chi connectivity index (χ4v) is 6.04. The molecule has 0 radical (unpaired) electrons. The Bertz CT molecular complexity index is 1190. The van der Waals surface area contributed by atoms with Crippen LogP contribution in [0.3, 0.4) is 0 Å². The third-order valence-electron chi connectivity index (χ3n) is 8.35. The highest BCUT2D eigenvalue weighted by Gasteiger charge is 2.51. The van der Waals surface area contributed by atoms with E-state index in [1.807, 2.05) is 0 Å². The summed E-state index contributed by atoms with van der Waals surface area (Å²) in [5, 5.41) is 1.27. The molecule has 2 aromatic rings. The molecule has 4 heterocycles. The first-order chi connectivity index (χ1) is 15.9. The molecule has 0 fully saturated rings. The number of rotatable bonds is 7. The molecule has 0 amide bonds. The number of pyridine rings is 2. The summed E-state index contributed by atoms with van der Waals surface area (Å²) in [5.41, 5.74) is 7.00. The van der Waals surface area contributed by atoms with Gasteiger partial charge in [-0.3, -0.25) is 4.98 Å². The van der Waals surface area contributed by atoms with Gasteiger partial charge in [0.2, 0.25) is 0 Å². The molecule has 4 rings (SSSR count). The third kappa shape index (κ3) is 3.54. The Morgan fingerprint density at radius 2 is 1.71 bits per heavy atom. The summed E-state index contributed by atoms with van der Waals surface area (Å²) in [6.07, 6.45) is 11.4. The lowest BCUT2D eigenvalue weighted by atomic mass is 9.68. The number of aromatic nitrogens is 2. The van der Waals surface area contributed by atoms with Crippen LogP contribution in [0.4, 0.5) is 5.82 Å². The van der Waals surface area contributed by atoms with Crippen molar-refractivity contribution in [2.45, 2.75) is 105 Å². The van der Waals surface area contributed by atoms with Gasteiger partial charge in [-0.2, -0.15) is 4.90 Å². The van der Waals surface area contributed by atoms with Crippen LogP contribution >= 0.6 is 0 Å². The van der Waals surface area contributed by atoms with Gasteiger partial charge in [0.1, 0.15) is 17.1 Å². The first kappa shape index (κ1) is 24.7. The van der Waals surface area contributed by atoms with Crippen molar-refractivity contribution >= 4 is 22.4 Å². The molecule has 0 N–H and O–H groups in total. The second kappa shape index (κ2) is 8.36. The largest absolute Gasteiger partial charge is 0.301 e. The quantitative estimate of drug-likeness (QED) is 0.308. The Kier molecular flexibility index (Phi) is 6.07. The number of anilines is 1. The van der Waals surface area contributed by atoms with Crippen LogP contribution in [0.2, 0.25) is 0 Å². The van der Waals surface area contributed by atoms with Crippen molar-refractivity contribution in [3.63, 3.8) is 0 Å². The average Bonchev–Trinajstić information content (AvgIpc) is 2.78. The Morgan fingerprint density at radius 1 is 1.03 bits per heavy atom. The van der Waals surface area contributed by atoms with E-state index in [1.165, 1.54) is 41.7 Å². The fourth-order valence-electron chi connectivity index (χ4n) is 6.04. The normalized spacial score (nSPS) is 17.4. The zero-order valence-electron chi connectivity index (χ0n) is 22.8. The molecule has 182 valence electrons. The molecule has 0 saturated heterocycles. The maximum atomic E-state index is 5.20.